The molecule has 0 radical (unpaired) electrons. The van der Waals surface area contributed by atoms with Crippen molar-refractivity contribution in [2.45, 2.75) is 263 Å². The van der Waals surface area contributed by atoms with E-state index in [1.165, 1.54) is 128 Å². The lowest BCUT2D eigenvalue weighted by Gasteiger charge is -2.40. The van der Waals surface area contributed by atoms with Gasteiger partial charge in [0.25, 0.3) is 10.1 Å². The van der Waals surface area contributed by atoms with Crippen molar-refractivity contribution >= 4 is 22.1 Å². The van der Waals surface area contributed by atoms with Gasteiger partial charge in [0.05, 0.1) is 6.61 Å². The Hall–Kier alpha value is -1.87. The molecule has 0 amide bonds. The van der Waals surface area contributed by atoms with E-state index in [9.17, 15) is 37.9 Å². The summed E-state index contributed by atoms with van der Waals surface area (Å²) in [5, 5.41) is 30.9. The monoisotopic (exact) mass is 917 g/mol. The molecular weight excluding hydrogens is 825 g/mol. The summed E-state index contributed by atoms with van der Waals surface area (Å²) in [6.07, 6.45) is 36.5. The van der Waals surface area contributed by atoms with Crippen LogP contribution in [0.2, 0.25) is 0 Å². The maximum absolute atomic E-state index is 12.9. The number of carbonyl (C=O) groups excluding carboxylic acids is 2. The molecule has 0 aromatic rings. The van der Waals surface area contributed by atoms with Crippen LogP contribution in [0, 0.1) is 0 Å². The highest BCUT2D eigenvalue weighted by molar-refractivity contribution is 7.85. The molecule has 0 spiro atoms. The van der Waals surface area contributed by atoms with Gasteiger partial charge < -0.3 is 34.3 Å². The molecule has 13 heteroatoms. The Balaban J connectivity index is 2.37. The molecule has 0 aliphatic carbocycles. The van der Waals surface area contributed by atoms with Gasteiger partial charge in [-0.2, -0.15) is 8.42 Å². The van der Waals surface area contributed by atoms with Gasteiger partial charge in [-0.15, -0.1) is 0 Å². The van der Waals surface area contributed by atoms with Crippen LogP contribution in [0.15, 0.2) is 24.3 Å². The molecule has 1 fully saturated rings. The summed E-state index contributed by atoms with van der Waals surface area (Å²) in [6, 6.07) is 0. The van der Waals surface area contributed by atoms with Crippen molar-refractivity contribution in [3.63, 3.8) is 0 Å². The average molecular weight is 917 g/mol. The Morgan fingerprint density at radius 3 is 1.32 bits per heavy atom. The second-order valence-electron chi connectivity index (χ2n) is 17.8. The normalized spacial score (nSPS) is 19.9. The zero-order chi connectivity index (χ0) is 46.2. The number of aliphatic hydroxyl groups is 3. The minimum atomic E-state index is -4.60. The molecule has 1 aliphatic rings. The van der Waals surface area contributed by atoms with E-state index < -0.39 is 71.2 Å². The van der Waals surface area contributed by atoms with E-state index in [2.05, 4.69) is 38.2 Å². The van der Waals surface area contributed by atoms with Crippen LogP contribution in [0.3, 0.4) is 0 Å². The fourth-order valence-electron chi connectivity index (χ4n) is 7.78. The number of hydrogen-bond acceptors (Lipinski definition) is 11. The summed E-state index contributed by atoms with van der Waals surface area (Å²) in [7, 11) is -4.60. The maximum Gasteiger partial charge on any atom is 0.306 e. The van der Waals surface area contributed by atoms with Crippen molar-refractivity contribution in [1.82, 2.24) is 0 Å². The van der Waals surface area contributed by atoms with E-state index in [1.807, 2.05) is 0 Å². The zero-order valence-corrected chi connectivity index (χ0v) is 40.5. The Morgan fingerprint density at radius 2 is 0.905 bits per heavy atom. The van der Waals surface area contributed by atoms with Crippen molar-refractivity contribution in [2.24, 2.45) is 0 Å². The first kappa shape index (κ1) is 59.1. The second-order valence-corrected chi connectivity index (χ2v) is 19.3. The van der Waals surface area contributed by atoms with E-state index >= 15 is 0 Å². The van der Waals surface area contributed by atoms with E-state index in [-0.39, 0.29) is 19.4 Å². The fraction of sp³-hybridized carbons (Fsp3) is 0.880. The summed E-state index contributed by atoms with van der Waals surface area (Å²) in [4.78, 5) is 25.5. The van der Waals surface area contributed by atoms with Gasteiger partial charge in [0.15, 0.2) is 12.4 Å². The van der Waals surface area contributed by atoms with Crippen LogP contribution in [0.4, 0.5) is 0 Å². The van der Waals surface area contributed by atoms with Crippen molar-refractivity contribution < 1.29 is 56.8 Å². The summed E-state index contributed by atoms with van der Waals surface area (Å²) in [5.41, 5.74) is 0. The summed E-state index contributed by atoms with van der Waals surface area (Å²) < 4.78 is 54.2. The van der Waals surface area contributed by atoms with Gasteiger partial charge in [-0.05, 0) is 64.2 Å². The van der Waals surface area contributed by atoms with Gasteiger partial charge in [0.2, 0.25) is 0 Å². The third-order valence-electron chi connectivity index (χ3n) is 11.8. The van der Waals surface area contributed by atoms with Crippen LogP contribution in [-0.4, -0.2) is 96.0 Å². The van der Waals surface area contributed by atoms with E-state index in [4.69, 9.17) is 18.9 Å². The molecule has 1 aliphatic heterocycles. The smallest absolute Gasteiger partial charge is 0.306 e. The first-order chi connectivity index (χ1) is 30.5. The topological polar surface area (TPSA) is 186 Å². The van der Waals surface area contributed by atoms with Gasteiger partial charge in [0.1, 0.15) is 36.8 Å². The first-order valence-electron chi connectivity index (χ1n) is 25.4. The van der Waals surface area contributed by atoms with Crippen molar-refractivity contribution in [3.05, 3.63) is 24.3 Å². The molecule has 12 nitrogen and oxygen atoms in total. The predicted molar refractivity (Wildman–Crippen MR) is 252 cm³/mol. The molecule has 1 heterocycles. The van der Waals surface area contributed by atoms with Gasteiger partial charge in [-0.1, -0.05) is 173 Å². The number of allylic oxidation sites excluding steroid dienone is 4. The average Bonchev–Trinajstić information content (AvgIpc) is 3.25. The van der Waals surface area contributed by atoms with Crippen LogP contribution >= 0.6 is 0 Å². The van der Waals surface area contributed by atoms with Crippen molar-refractivity contribution in [1.29, 1.82) is 0 Å². The number of esters is 2. The van der Waals surface area contributed by atoms with Crippen molar-refractivity contribution in [2.75, 3.05) is 19.0 Å². The van der Waals surface area contributed by atoms with Crippen LogP contribution in [0.25, 0.3) is 0 Å². The van der Waals surface area contributed by atoms with E-state index in [1.54, 1.807) is 0 Å². The molecule has 0 bridgehead atoms. The minimum Gasteiger partial charge on any atom is -0.462 e. The third-order valence-corrected chi connectivity index (χ3v) is 12.5. The number of ether oxygens (including phenoxy) is 4. The van der Waals surface area contributed by atoms with Gasteiger partial charge in [0, 0.05) is 12.8 Å². The highest BCUT2D eigenvalue weighted by Gasteiger charge is 2.46. The molecule has 6 unspecified atom stereocenters. The summed E-state index contributed by atoms with van der Waals surface area (Å²) in [5.74, 6) is -1.99. The number of carbonyl (C=O) groups is 2. The Bertz CT molecular complexity index is 1260. The highest BCUT2D eigenvalue weighted by atomic mass is 32.2. The second kappa shape index (κ2) is 40.4. The highest BCUT2D eigenvalue weighted by Crippen LogP contribution is 2.24. The number of rotatable bonds is 43. The summed E-state index contributed by atoms with van der Waals surface area (Å²) in [6.45, 7) is 3.77. The zero-order valence-electron chi connectivity index (χ0n) is 39.7. The Kier molecular flexibility index (Phi) is 37.9. The minimum absolute atomic E-state index is 0.162. The molecule has 0 aromatic carbocycles. The van der Waals surface area contributed by atoms with Gasteiger partial charge in [-0.3, -0.25) is 14.1 Å². The molecule has 370 valence electrons. The number of aliphatic hydroxyl groups excluding tert-OH is 3. The Labute approximate surface area is 383 Å². The molecule has 0 saturated carbocycles. The van der Waals surface area contributed by atoms with Crippen LogP contribution < -0.4 is 0 Å². The maximum atomic E-state index is 12.9. The predicted octanol–water partition coefficient (Wildman–Crippen LogP) is 11.2. The van der Waals surface area contributed by atoms with Gasteiger partial charge in [-0.25, -0.2) is 0 Å². The molecule has 1 saturated heterocycles. The van der Waals surface area contributed by atoms with Crippen LogP contribution in [-0.2, 0) is 38.7 Å². The fourth-order valence-corrected chi connectivity index (χ4v) is 8.48. The molecular formula is C50H92O12S. The van der Waals surface area contributed by atoms with Crippen LogP contribution in [0.1, 0.15) is 226 Å². The lowest BCUT2D eigenvalue weighted by molar-refractivity contribution is -0.297. The lowest BCUT2D eigenvalue weighted by Crippen LogP contribution is -2.60. The van der Waals surface area contributed by atoms with E-state index in [0.717, 1.165) is 57.8 Å². The third kappa shape index (κ3) is 35.1. The standard InChI is InChI=1S/C50H92O12S/c1-3-5-7-9-11-13-15-17-19-20-21-22-23-24-25-27-29-31-33-35-37-39-46(52)61-43(41-60-50-49(55)48(54)47(53)44(62-50)42-63(56,57)58)40-59-45(51)38-36-34-32-30-28-26-18-16-14-12-10-8-6-4-2/h16,18,20-21,43-44,47-50,53-55H,3-15,17,19,22-42H2,1-2H3,(H,56,57,58)/b18-16-,21-20-. The SMILES string of the molecule is CCCCCCC/C=C\CCCCCCCC(=O)OCC(COC1OC(CS(=O)(=O)O)C(O)C(O)C1O)OC(=O)CCCCCCCCCCC/C=C\CCCCCCCCCC. The lowest BCUT2D eigenvalue weighted by atomic mass is 10.00. The van der Waals surface area contributed by atoms with Gasteiger partial charge >= 0.3 is 11.9 Å². The molecule has 1 rings (SSSR count). The summed E-state index contributed by atoms with van der Waals surface area (Å²) >= 11 is 0. The number of unbranched alkanes of at least 4 members (excludes halogenated alkanes) is 27. The Morgan fingerprint density at radius 1 is 0.524 bits per heavy atom. The molecule has 63 heavy (non-hydrogen) atoms. The molecule has 6 atom stereocenters. The molecule has 0 aromatic heterocycles. The molecule has 4 N–H and O–H groups in total. The quantitative estimate of drug-likeness (QED) is 0.0197. The van der Waals surface area contributed by atoms with E-state index in [0.29, 0.717) is 12.8 Å². The number of hydrogen-bond donors (Lipinski definition) is 4. The first-order valence-corrected chi connectivity index (χ1v) is 27.0. The largest absolute Gasteiger partial charge is 0.462 e. The van der Waals surface area contributed by atoms with Crippen molar-refractivity contribution in [3.8, 4) is 0 Å². The van der Waals surface area contributed by atoms with Crippen LogP contribution in [0.5, 0.6) is 0 Å².